The predicted octanol–water partition coefficient (Wildman–Crippen LogP) is 4.86. The standard InChI is InChI=1S/C26H30N4O5/c1-26(2,3)35-25(33)30-21-7-5-6-20(21)29-24-27-14-17-12-15(9-11-19(17)28-24)18-10-8-16(23(31)32)13-22(18)34-4/h8-14,20-21H,5-7H2,1-4H3,(H,30,33)(H,31,32)(H,27,28,29)/t20-,21+/m1/s1. The van der Waals surface area contributed by atoms with Gasteiger partial charge in [-0.1, -0.05) is 6.07 Å². The molecule has 0 spiro atoms. The summed E-state index contributed by atoms with van der Waals surface area (Å²) >= 11 is 0. The molecule has 0 unspecified atom stereocenters. The van der Waals surface area contributed by atoms with Crippen molar-refractivity contribution in [1.29, 1.82) is 0 Å². The highest BCUT2D eigenvalue weighted by Crippen LogP contribution is 2.33. The molecule has 0 bridgehead atoms. The highest BCUT2D eigenvalue weighted by atomic mass is 16.6. The van der Waals surface area contributed by atoms with E-state index in [0.29, 0.717) is 11.7 Å². The number of rotatable bonds is 6. The molecular formula is C26H30N4O5. The van der Waals surface area contributed by atoms with Gasteiger partial charge in [0.05, 0.1) is 24.2 Å². The number of carbonyl (C=O) groups is 2. The van der Waals surface area contributed by atoms with E-state index >= 15 is 0 Å². The zero-order valence-corrected chi connectivity index (χ0v) is 20.3. The van der Waals surface area contributed by atoms with E-state index in [4.69, 9.17) is 9.47 Å². The van der Waals surface area contributed by atoms with E-state index in [1.165, 1.54) is 13.2 Å². The number of hydrogen-bond acceptors (Lipinski definition) is 7. The van der Waals surface area contributed by atoms with Gasteiger partial charge in [-0.05, 0) is 75.9 Å². The van der Waals surface area contributed by atoms with E-state index in [2.05, 4.69) is 20.6 Å². The molecule has 3 aromatic rings. The number of carboxylic acids is 1. The van der Waals surface area contributed by atoms with Crippen molar-refractivity contribution in [3.05, 3.63) is 48.2 Å². The second-order valence-electron chi connectivity index (χ2n) is 9.62. The van der Waals surface area contributed by atoms with E-state index in [9.17, 15) is 14.7 Å². The van der Waals surface area contributed by atoms with Gasteiger partial charge in [0.1, 0.15) is 11.4 Å². The topological polar surface area (TPSA) is 123 Å². The Kier molecular flexibility index (Phi) is 6.77. The van der Waals surface area contributed by atoms with Crippen molar-refractivity contribution in [2.24, 2.45) is 0 Å². The Labute approximate surface area is 203 Å². The molecule has 184 valence electrons. The van der Waals surface area contributed by atoms with Crippen LogP contribution >= 0.6 is 0 Å². The number of anilines is 1. The molecule has 9 nitrogen and oxygen atoms in total. The van der Waals surface area contributed by atoms with Crippen molar-refractivity contribution in [3.8, 4) is 16.9 Å². The molecule has 1 heterocycles. The van der Waals surface area contributed by atoms with Crippen LogP contribution in [0.15, 0.2) is 42.6 Å². The molecule has 4 rings (SSSR count). The van der Waals surface area contributed by atoms with Gasteiger partial charge in [-0.15, -0.1) is 0 Å². The van der Waals surface area contributed by atoms with E-state index in [1.807, 2.05) is 39.0 Å². The Bertz CT molecular complexity index is 1250. The number of carboxylic acid groups (broad SMARTS) is 1. The number of alkyl carbamates (subject to hydrolysis) is 1. The van der Waals surface area contributed by atoms with Gasteiger partial charge in [0.25, 0.3) is 0 Å². The number of benzene rings is 2. The lowest BCUT2D eigenvalue weighted by atomic mass is 10.0. The van der Waals surface area contributed by atoms with Crippen LogP contribution < -0.4 is 15.4 Å². The predicted molar refractivity (Wildman–Crippen MR) is 133 cm³/mol. The van der Waals surface area contributed by atoms with Gasteiger partial charge in [-0.3, -0.25) is 0 Å². The number of aromatic nitrogens is 2. The summed E-state index contributed by atoms with van der Waals surface area (Å²) in [6, 6.07) is 10.5. The third kappa shape index (κ3) is 5.79. The van der Waals surface area contributed by atoms with Crippen LogP contribution in [0.2, 0.25) is 0 Å². The Balaban J connectivity index is 1.51. The first-order chi connectivity index (χ1) is 16.6. The van der Waals surface area contributed by atoms with Gasteiger partial charge in [-0.2, -0.15) is 0 Å². The smallest absolute Gasteiger partial charge is 0.407 e. The number of carbonyl (C=O) groups excluding carboxylic acids is 1. The van der Waals surface area contributed by atoms with Gasteiger partial charge in [-0.25, -0.2) is 19.6 Å². The summed E-state index contributed by atoms with van der Waals surface area (Å²) in [5, 5.41) is 16.4. The molecule has 1 aliphatic carbocycles. The third-order valence-corrected chi connectivity index (χ3v) is 5.87. The molecule has 1 aromatic heterocycles. The fourth-order valence-electron chi connectivity index (χ4n) is 4.26. The van der Waals surface area contributed by atoms with Crippen LogP contribution in [-0.2, 0) is 4.74 Å². The first-order valence-corrected chi connectivity index (χ1v) is 11.6. The summed E-state index contributed by atoms with van der Waals surface area (Å²) in [5.41, 5.74) is 2.03. The van der Waals surface area contributed by atoms with Gasteiger partial charge < -0.3 is 25.2 Å². The van der Waals surface area contributed by atoms with Crippen LogP contribution in [0.4, 0.5) is 10.7 Å². The number of amides is 1. The van der Waals surface area contributed by atoms with E-state index in [1.54, 1.807) is 18.3 Å². The minimum absolute atomic E-state index is 0.0104. The molecule has 1 saturated carbocycles. The van der Waals surface area contributed by atoms with Crippen molar-refractivity contribution in [3.63, 3.8) is 0 Å². The number of nitrogens with zero attached hydrogens (tertiary/aromatic N) is 2. The maximum atomic E-state index is 12.2. The van der Waals surface area contributed by atoms with Crippen LogP contribution in [0.5, 0.6) is 5.75 Å². The minimum atomic E-state index is -1.01. The molecule has 1 aliphatic rings. The Hall–Kier alpha value is -3.88. The molecule has 0 radical (unpaired) electrons. The Morgan fingerprint density at radius 1 is 1.09 bits per heavy atom. The van der Waals surface area contributed by atoms with Crippen molar-refractivity contribution in [2.45, 2.75) is 57.7 Å². The first-order valence-electron chi connectivity index (χ1n) is 11.6. The molecular weight excluding hydrogens is 448 g/mol. The van der Waals surface area contributed by atoms with Crippen molar-refractivity contribution < 1.29 is 24.2 Å². The number of aromatic carboxylic acids is 1. The molecule has 9 heteroatoms. The lowest BCUT2D eigenvalue weighted by Crippen LogP contribution is -2.45. The Morgan fingerprint density at radius 3 is 2.57 bits per heavy atom. The second-order valence-corrected chi connectivity index (χ2v) is 9.62. The van der Waals surface area contributed by atoms with Crippen LogP contribution in [0.1, 0.15) is 50.4 Å². The van der Waals surface area contributed by atoms with E-state index in [-0.39, 0.29) is 17.6 Å². The monoisotopic (exact) mass is 478 g/mol. The first kappa shape index (κ1) is 24.3. The van der Waals surface area contributed by atoms with Crippen molar-refractivity contribution >= 4 is 28.9 Å². The highest BCUT2D eigenvalue weighted by molar-refractivity contribution is 5.91. The van der Waals surface area contributed by atoms with E-state index in [0.717, 1.165) is 41.3 Å². The van der Waals surface area contributed by atoms with Crippen LogP contribution in [-0.4, -0.2) is 51.9 Å². The molecule has 0 aliphatic heterocycles. The molecule has 2 atom stereocenters. The maximum Gasteiger partial charge on any atom is 0.407 e. The molecule has 1 fully saturated rings. The molecule has 35 heavy (non-hydrogen) atoms. The summed E-state index contributed by atoms with van der Waals surface area (Å²) < 4.78 is 10.8. The number of methoxy groups -OCH3 is 1. The second kappa shape index (κ2) is 9.77. The molecule has 3 N–H and O–H groups in total. The number of hydrogen-bond donors (Lipinski definition) is 3. The summed E-state index contributed by atoms with van der Waals surface area (Å²) in [6.07, 6.45) is 4.06. The number of nitrogens with one attached hydrogen (secondary N) is 2. The van der Waals surface area contributed by atoms with Gasteiger partial charge in [0, 0.05) is 23.2 Å². The van der Waals surface area contributed by atoms with Crippen LogP contribution in [0, 0.1) is 0 Å². The van der Waals surface area contributed by atoms with Crippen molar-refractivity contribution in [2.75, 3.05) is 12.4 Å². The minimum Gasteiger partial charge on any atom is -0.496 e. The zero-order valence-electron chi connectivity index (χ0n) is 20.3. The fourth-order valence-corrected chi connectivity index (χ4v) is 4.26. The SMILES string of the molecule is COc1cc(C(=O)O)ccc1-c1ccc2nc(N[C@@H]3CCC[C@@H]3NC(=O)OC(C)(C)C)ncc2c1. The molecule has 0 saturated heterocycles. The normalized spacial score (nSPS) is 17.7. The Morgan fingerprint density at radius 2 is 1.86 bits per heavy atom. The summed E-state index contributed by atoms with van der Waals surface area (Å²) in [7, 11) is 1.51. The van der Waals surface area contributed by atoms with E-state index < -0.39 is 17.7 Å². The van der Waals surface area contributed by atoms with Crippen LogP contribution in [0.3, 0.4) is 0 Å². The van der Waals surface area contributed by atoms with Gasteiger partial charge >= 0.3 is 12.1 Å². The number of ether oxygens (including phenoxy) is 2. The van der Waals surface area contributed by atoms with Crippen molar-refractivity contribution in [1.82, 2.24) is 15.3 Å². The van der Waals surface area contributed by atoms with Gasteiger partial charge in [0.15, 0.2) is 0 Å². The zero-order chi connectivity index (χ0) is 25.2. The molecule has 1 amide bonds. The maximum absolute atomic E-state index is 12.2. The highest BCUT2D eigenvalue weighted by Gasteiger charge is 2.30. The third-order valence-electron chi connectivity index (χ3n) is 5.87. The summed E-state index contributed by atoms with van der Waals surface area (Å²) in [6.45, 7) is 5.52. The average Bonchev–Trinajstić information content (AvgIpc) is 3.23. The van der Waals surface area contributed by atoms with Gasteiger partial charge in [0.2, 0.25) is 5.95 Å². The summed E-state index contributed by atoms with van der Waals surface area (Å²) in [5.74, 6) is -0.0302. The molecule has 2 aromatic carbocycles. The summed E-state index contributed by atoms with van der Waals surface area (Å²) in [4.78, 5) is 32.6. The fraction of sp³-hybridized carbons (Fsp3) is 0.385. The largest absolute Gasteiger partial charge is 0.496 e. The number of fused-ring (bicyclic) bond motifs is 1. The quantitative estimate of drug-likeness (QED) is 0.459. The van der Waals surface area contributed by atoms with Crippen LogP contribution in [0.25, 0.3) is 22.0 Å². The lowest BCUT2D eigenvalue weighted by molar-refractivity contribution is 0.0502. The average molecular weight is 479 g/mol. The lowest BCUT2D eigenvalue weighted by Gasteiger charge is -2.25.